The van der Waals surface area contributed by atoms with Crippen LogP contribution in [0, 0.1) is 0 Å². The van der Waals surface area contributed by atoms with Crippen LogP contribution in [-0.2, 0) is 14.3 Å². The van der Waals surface area contributed by atoms with Crippen molar-refractivity contribution in [2.75, 3.05) is 0 Å². The molecule has 0 radical (unpaired) electrons. The van der Waals surface area contributed by atoms with Crippen molar-refractivity contribution in [3.8, 4) is 0 Å². The average molecular weight is 389 g/mol. The number of rotatable bonds is 6. The van der Waals surface area contributed by atoms with Crippen molar-refractivity contribution in [3.05, 3.63) is 59.0 Å². The van der Waals surface area contributed by atoms with Crippen LogP contribution < -0.4 is 0 Å². The quantitative estimate of drug-likeness (QED) is 0.690. The molecule has 0 bridgehead atoms. The van der Waals surface area contributed by atoms with Gasteiger partial charge in [0.05, 0.1) is 12.0 Å². The van der Waals surface area contributed by atoms with Gasteiger partial charge >= 0.3 is 5.97 Å². The van der Waals surface area contributed by atoms with E-state index in [1.165, 1.54) is 5.01 Å². The lowest BCUT2D eigenvalue weighted by Crippen LogP contribution is -2.37. The molecule has 0 saturated carbocycles. The second-order valence-corrected chi connectivity index (χ2v) is 6.79. The highest BCUT2D eigenvalue weighted by Gasteiger charge is 2.37. The Morgan fingerprint density at radius 1 is 1.33 bits per heavy atom. The van der Waals surface area contributed by atoms with Crippen molar-refractivity contribution in [1.29, 1.82) is 0 Å². The van der Waals surface area contributed by atoms with Crippen LogP contribution in [0.3, 0.4) is 0 Å². The highest BCUT2D eigenvalue weighted by atomic mass is 35.5. The molecule has 1 aromatic carbocycles. The Labute approximate surface area is 162 Å². The van der Waals surface area contributed by atoms with Gasteiger partial charge in [-0.2, -0.15) is 5.10 Å². The topological polar surface area (TPSA) is 72.1 Å². The van der Waals surface area contributed by atoms with Crippen LogP contribution in [0.25, 0.3) is 0 Å². The van der Waals surface area contributed by atoms with Crippen LogP contribution in [0.15, 0.2) is 52.2 Å². The lowest BCUT2D eigenvalue weighted by Gasteiger charge is -2.23. The van der Waals surface area contributed by atoms with E-state index in [1.54, 1.807) is 37.5 Å². The van der Waals surface area contributed by atoms with Gasteiger partial charge in [0.15, 0.2) is 6.10 Å². The Hall–Kier alpha value is -2.60. The zero-order chi connectivity index (χ0) is 19.4. The maximum absolute atomic E-state index is 12.9. The molecule has 0 unspecified atom stereocenters. The van der Waals surface area contributed by atoms with Crippen molar-refractivity contribution in [2.24, 2.45) is 5.10 Å². The zero-order valence-corrected chi connectivity index (χ0v) is 16.0. The van der Waals surface area contributed by atoms with Crippen LogP contribution >= 0.6 is 11.6 Å². The molecule has 7 heteroatoms. The molecule has 3 rings (SSSR count). The van der Waals surface area contributed by atoms with E-state index in [0.29, 0.717) is 23.6 Å². The summed E-state index contributed by atoms with van der Waals surface area (Å²) in [5.74, 6) is -0.151. The first kappa shape index (κ1) is 19.2. The molecular formula is C20H21ClN2O4. The van der Waals surface area contributed by atoms with Crippen molar-refractivity contribution in [1.82, 2.24) is 5.01 Å². The molecule has 27 heavy (non-hydrogen) atoms. The predicted molar refractivity (Wildman–Crippen MR) is 101 cm³/mol. The Morgan fingerprint density at radius 3 is 2.70 bits per heavy atom. The number of nitrogens with zero attached hydrogens (tertiary/aromatic N) is 2. The predicted octanol–water partition coefficient (Wildman–Crippen LogP) is 4.34. The average Bonchev–Trinajstić information content (AvgIpc) is 3.31. The minimum Gasteiger partial charge on any atom is -0.467 e. The molecule has 1 aliphatic heterocycles. The van der Waals surface area contributed by atoms with E-state index in [9.17, 15) is 9.59 Å². The molecule has 142 valence electrons. The molecule has 1 amide bonds. The first-order chi connectivity index (χ1) is 13.0. The van der Waals surface area contributed by atoms with Gasteiger partial charge in [0.25, 0.3) is 5.91 Å². The van der Waals surface area contributed by atoms with Gasteiger partial charge in [-0.1, -0.05) is 30.7 Å². The molecule has 0 aliphatic carbocycles. The van der Waals surface area contributed by atoms with E-state index in [1.807, 2.05) is 19.1 Å². The first-order valence-electron chi connectivity index (χ1n) is 8.89. The third-order valence-corrected chi connectivity index (χ3v) is 4.55. The third kappa shape index (κ3) is 4.39. The van der Waals surface area contributed by atoms with Crippen molar-refractivity contribution >= 4 is 29.2 Å². The molecule has 2 atom stereocenters. The Bertz CT molecular complexity index is 830. The van der Waals surface area contributed by atoms with Gasteiger partial charge in [-0.25, -0.2) is 5.01 Å². The van der Waals surface area contributed by atoms with Crippen molar-refractivity contribution in [2.45, 2.75) is 45.3 Å². The molecule has 2 heterocycles. The van der Waals surface area contributed by atoms with Crippen molar-refractivity contribution < 1.29 is 18.7 Å². The van der Waals surface area contributed by atoms with E-state index < -0.39 is 12.1 Å². The number of ether oxygens (including phenoxy) is 1. The molecule has 0 fully saturated rings. The summed E-state index contributed by atoms with van der Waals surface area (Å²) >= 11 is 5.96. The summed E-state index contributed by atoms with van der Waals surface area (Å²) in [5.41, 5.74) is 1.62. The third-order valence-electron chi connectivity index (χ3n) is 4.30. The summed E-state index contributed by atoms with van der Waals surface area (Å²) in [6, 6.07) is 10.5. The van der Waals surface area contributed by atoms with Crippen LogP contribution in [0.2, 0.25) is 5.02 Å². The first-order valence-corrected chi connectivity index (χ1v) is 9.26. The van der Waals surface area contributed by atoms with Crippen LogP contribution in [0.4, 0.5) is 0 Å². The summed E-state index contributed by atoms with van der Waals surface area (Å²) in [6.07, 6.45) is 2.07. The van der Waals surface area contributed by atoms with Gasteiger partial charge < -0.3 is 9.15 Å². The fourth-order valence-electron chi connectivity index (χ4n) is 2.93. The number of amides is 1. The molecular weight excluding hydrogens is 368 g/mol. The molecule has 2 aromatic rings. The monoisotopic (exact) mass is 388 g/mol. The van der Waals surface area contributed by atoms with E-state index in [0.717, 1.165) is 11.3 Å². The smallest absolute Gasteiger partial charge is 0.306 e. The SMILES string of the molecule is CCCC(=O)O[C@H](C)C(=O)N1N=C(c2ccc(Cl)cc2)C[C@@H]1c1ccco1. The van der Waals surface area contributed by atoms with Crippen LogP contribution in [-0.4, -0.2) is 28.7 Å². The van der Waals surface area contributed by atoms with E-state index >= 15 is 0 Å². The zero-order valence-electron chi connectivity index (χ0n) is 15.2. The number of hydrogen-bond donors (Lipinski definition) is 0. The fourth-order valence-corrected chi connectivity index (χ4v) is 3.06. The molecule has 0 spiro atoms. The largest absolute Gasteiger partial charge is 0.467 e. The van der Waals surface area contributed by atoms with E-state index in [-0.39, 0.29) is 18.4 Å². The number of carbonyl (C=O) groups is 2. The molecule has 1 aliphatic rings. The Morgan fingerprint density at radius 2 is 2.07 bits per heavy atom. The maximum Gasteiger partial charge on any atom is 0.306 e. The Balaban J connectivity index is 1.84. The number of hydrogen-bond acceptors (Lipinski definition) is 5. The Kier molecular flexibility index (Phi) is 5.96. The minimum atomic E-state index is -0.921. The maximum atomic E-state index is 12.9. The van der Waals surface area contributed by atoms with Gasteiger partial charge in [0, 0.05) is 17.9 Å². The van der Waals surface area contributed by atoms with E-state index in [4.69, 9.17) is 20.8 Å². The van der Waals surface area contributed by atoms with Crippen LogP contribution in [0.5, 0.6) is 0 Å². The highest BCUT2D eigenvalue weighted by molar-refractivity contribution is 6.30. The van der Waals surface area contributed by atoms with Crippen molar-refractivity contribution in [3.63, 3.8) is 0 Å². The lowest BCUT2D eigenvalue weighted by molar-refractivity contribution is -0.160. The summed E-state index contributed by atoms with van der Waals surface area (Å²) in [7, 11) is 0. The van der Waals surface area contributed by atoms with Gasteiger partial charge in [0.2, 0.25) is 0 Å². The summed E-state index contributed by atoms with van der Waals surface area (Å²) in [6.45, 7) is 3.44. The van der Waals surface area contributed by atoms with Gasteiger partial charge in [-0.3, -0.25) is 9.59 Å². The van der Waals surface area contributed by atoms with Gasteiger partial charge in [-0.15, -0.1) is 0 Å². The number of carbonyl (C=O) groups excluding carboxylic acids is 2. The molecule has 6 nitrogen and oxygen atoms in total. The van der Waals surface area contributed by atoms with E-state index in [2.05, 4.69) is 5.10 Å². The number of esters is 1. The number of furan rings is 1. The lowest BCUT2D eigenvalue weighted by atomic mass is 10.0. The normalized spacial score (nSPS) is 17.5. The number of halogens is 1. The molecule has 0 N–H and O–H groups in total. The number of benzene rings is 1. The molecule has 1 aromatic heterocycles. The second kappa shape index (κ2) is 8.39. The fraction of sp³-hybridized carbons (Fsp3) is 0.350. The summed E-state index contributed by atoms with van der Waals surface area (Å²) in [4.78, 5) is 24.6. The second-order valence-electron chi connectivity index (χ2n) is 6.35. The summed E-state index contributed by atoms with van der Waals surface area (Å²) < 4.78 is 10.7. The number of hydrazone groups is 1. The molecule has 0 saturated heterocycles. The summed E-state index contributed by atoms with van der Waals surface area (Å²) in [5, 5.41) is 6.49. The van der Waals surface area contributed by atoms with Crippen LogP contribution in [0.1, 0.15) is 50.5 Å². The standard InChI is InChI=1S/C20H21ClN2O4/c1-3-5-19(24)27-13(2)20(25)23-17(18-6-4-11-26-18)12-16(22-23)14-7-9-15(21)10-8-14/h4,6-11,13,17H,3,5,12H2,1-2H3/t13-,17-/m1/s1. The minimum absolute atomic E-state index is 0.276. The van der Waals surface area contributed by atoms with Gasteiger partial charge in [-0.05, 0) is 43.2 Å². The highest BCUT2D eigenvalue weighted by Crippen LogP contribution is 2.34. The van der Waals surface area contributed by atoms with Gasteiger partial charge in [0.1, 0.15) is 11.8 Å².